The summed E-state index contributed by atoms with van der Waals surface area (Å²) in [5.74, 6) is 1.14. The molecule has 0 spiro atoms. The summed E-state index contributed by atoms with van der Waals surface area (Å²) in [5, 5.41) is 0.477. The molecule has 1 aliphatic rings. The van der Waals surface area contributed by atoms with Crippen LogP contribution in [-0.4, -0.2) is 10.8 Å². The van der Waals surface area contributed by atoms with Crippen molar-refractivity contribution in [2.45, 2.75) is 26.4 Å². The predicted octanol–water partition coefficient (Wildman–Crippen LogP) is 6.95. The molecule has 1 aliphatic heterocycles. The summed E-state index contributed by atoms with van der Waals surface area (Å²) in [4.78, 5) is 29.3. The van der Waals surface area contributed by atoms with E-state index < -0.39 is 6.04 Å². The van der Waals surface area contributed by atoms with Crippen molar-refractivity contribution in [3.63, 3.8) is 0 Å². The number of carbonyl (C=O) groups excluding carboxylic acids is 1. The summed E-state index contributed by atoms with van der Waals surface area (Å²) in [6.45, 7) is 4.30. The van der Waals surface area contributed by atoms with Gasteiger partial charge in [0.15, 0.2) is 5.43 Å². The van der Waals surface area contributed by atoms with Crippen molar-refractivity contribution in [1.82, 2.24) is 4.90 Å². The second-order valence-electron chi connectivity index (χ2n) is 9.48. The van der Waals surface area contributed by atoms with Crippen LogP contribution in [0.1, 0.15) is 44.4 Å². The normalized spacial score (nSPS) is 14.7. The van der Waals surface area contributed by atoms with Crippen LogP contribution in [0.2, 0.25) is 0 Å². The number of ether oxygens (including phenoxy) is 1. The molecule has 0 N–H and O–H groups in total. The SMILES string of the molecule is Cc1ccc(CN2C(=O)c3oc4ccc(C)cc4c(=O)c3C2c2cccc(Oc3ccccc3)c2)cc1. The first-order chi connectivity index (χ1) is 18.0. The summed E-state index contributed by atoms with van der Waals surface area (Å²) in [5.41, 5.74) is 4.45. The van der Waals surface area contributed by atoms with E-state index in [4.69, 9.17) is 9.15 Å². The van der Waals surface area contributed by atoms with Crippen LogP contribution >= 0.6 is 0 Å². The third-order valence-corrected chi connectivity index (χ3v) is 6.75. The molecule has 0 saturated heterocycles. The third-order valence-electron chi connectivity index (χ3n) is 6.75. The van der Waals surface area contributed by atoms with Crippen molar-refractivity contribution in [3.8, 4) is 11.5 Å². The highest BCUT2D eigenvalue weighted by molar-refractivity contribution is 5.99. The number of hydrogen-bond donors (Lipinski definition) is 0. The van der Waals surface area contributed by atoms with Gasteiger partial charge in [0.05, 0.1) is 17.0 Å². The first-order valence-corrected chi connectivity index (χ1v) is 12.2. The molecule has 1 aromatic heterocycles. The smallest absolute Gasteiger partial charge is 0.291 e. The Balaban J connectivity index is 1.50. The van der Waals surface area contributed by atoms with Gasteiger partial charge in [-0.2, -0.15) is 0 Å². The van der Waals surface area contributed by atoms with Crippen LogP contribution in [-0.2, 0) is 6.54 Å². The number of benzene rings is 4. The number of para-hydroxylation sites is 1. The zero-order valence-corrected chi connectivity index (χ0v) is 20.6. The number of hydrogen-bond acceptors (Lipinski definition) is 4. The molecule has 1 unspecified atom stereocenters. The van der Waals surface area contributed by atoms with E-state index in [1.807, 2.05) is 105 Å². The zero-order valence-electron chi connectivity index (χ0n) is 20.6. The van der Waals surface area contributed by atoms with E-state index in [0.717, 1.165) is 22.3 Å². The van der Waals surface area contributed by atoms with Gasteiger partial charge in [0.25, 0.3) is 5.91 Å². The first kappa shape index (κ1) is 22.8. The molecule has 0 fully saturated rings. The lowest BCUT2D eigenvalue weighted by atomic mass is 9.97. The van der Waals surface area contributed by atoms with E-state index in [1.165, 1.54) is 0 Å². The van der Waals surface area contributed by atoms with Crippen molar-refractivity contribution in [3.05, 3.63) is 141 Å². The van der Waals surface area contributed by atoms with Crippen LogP contribution in [0.15, 0.2) is 106 Å². The molecule has 37 heavy (non-hydrogen) atoms. The highest BCUT2D eigenvalue weighted by atomic mass is 16.5. The minimum Gasteiger partial charge on any atom is -0.457 e. The fourth-order valence-corrected chi connectivity index (χ4v) is 4.91. The van der Waals surface area contributed by atoms with E-state index in [0.29, 0.717) is 34.6 Å². The Morgan fingerprint density at radius 1 is 0.784 bits per heavy atom. The second-order valence-corrected chi connectivity index (χ2v) is 9.48. The summed E-state index contributed by atoms with van der Waals surface area (Å²) in [6, 6.07) is 30.0. The molecular weight excluding hydrogens is 462 g/mol. The van der Waals surface area contributed by atoms with Gasteiger partial charge in [-0.3, -0.25) is 9.59 Å². The summed E-state index contributed by atoms with van der Waals surface area (Å²) in [7, 11) is 0. The Morgan fingerprint density at radius 3 is 2.30 bits per heavy atom. The highest BCUT2D eigenvalue weighted by Crippen LogP contribution is 2.40. The molecule has 6 rings (SSSR count). The maximum Gasteiger partial charge on any atom is 0.291 e. The Kier molecular flexibility index (Phi) is 5.61. The van der Waals surface area contributed by atoms with Crippen molar-refractivity contribution in [1.29, 1.82) is 0 Å². The monoisotopic (exact) mass is 487 g/mol. The molecule has 0 bridgehead atoms. The number of aryl methyl sites for hydroxylation is 2. The largest absolute Gasteiger partial charge is 0.457 e. The van der Waals surface area contributed by atoms with Gasteiger partial charge >= 0.3 is 0 Å². The Bertz CT molecular complexity index is 1690. The molecule has 0 saturated carbocycles. The number of amides is 1. The van der Waals surface area contributed by atoms with Crippen LogP contribution < -0.4 is 10.2 Å². The lowest BCUT2D eigenvalue weighted by Gasteiger charge is -2.25. The minimum atomic E-state index is -0.607. The quantitative estimate of drug-likeness (QED) is 0.269. The van der Waals surface area contributed by atoms with Crippen molar-refractivity contribution in [2.24, 2.45) is 0 Å². The van der Waals surface area contributed by atoms with Gasteiger partial charge in [-0.15, -0.1) is 0 Å². The summed E-state index contributed by atoms with van der Waals surface area (Å²) >= 11 is 0. The van der Waals surface area contributed by atoms with E-state index in [1.54, 1.807) is 11.0 Å². The molecule has 5 heteroatoms. The Morgan fingerprint density at radius 2 is 1.51 bits per heavy atom. The van der Waals surface area contributed by atoms with Crippen LogP contribution in [0.25, 0.3) is 11.0 Å². The number of rotatable bonds is 5. The van der Waals surface area contributed by atoms with Gasteiger partial charge in [-0.1, -0.05) is 71.8 Å². The average molecular weight is 488 g/mol. The Hall–Kier alpha value is -4.64. The average Bonchev–Trinajstić information content (AvgIpc) is 3.18. The summed E-state index contributed by atoms with van der Waals surface area (Å²) in [6.07, 6.45) is 0. The number of nitrogens with zero attached hydrogens (tertiary/aromatic N) is 1. The second kappa shape index (κ2) is 9.10. The molecule has 0 radical (unpaired) electrons. The number of fused-ring (bicyclic) bond motifs is 2. The predicted molar refractivity (Wildman–Crippen MR) is 143 cm³/mol. The molecule has 1 atom stereocenters. The zero-order chi connectivity index (χ0) is 25.5. The van der Waals surface area contributed by atoms with Crippen LogP contribution in [0, 0.1) is 13.8 Å². The lowest BCUT2D eigenvalue weighted by molar-refractivity contribution is 0.0714. The van der Waals surface area contributed by atoms with Gasteiger partial charge < -0.3 is 14.1 Å². The van der Waals surface area contributed by atoms with Gasteiger partial charge in [-0.05, 0) is 61.4 Å². The molecule has 0 aliphatic carbocycles. The van der Waals surface area contributed by atoms with Crippen LogP contribution in [0.4, 0.5) is 0 Å². The van der Waals surface area contributed by atoms with Gasteiger partial charge in [0.2, 0.25) is 5.76 Å². The van der Waals surface area contributed by atoms with Crippen molar-refractivity contribution >= 4 is 16.9 Å². The maximum atomic E-state index is 13.9. The van der Waals surface area contributed by atoms with Crippen molar-refractivity contribution in [2.75, 3.05) is 0 Å². The topological polar surface area (TPSA) is 59.8 Å². The summed E-state index contributed by atoms with van der Waals surface area (Å²) < 4.78 is 12.2. The molecule has 1 amide bonds. The van der Waals surface area contributed by atoms with Crippen molar-refractivity contribution < 1.29 is 13.9 Å². The molecule has 2 heterocycles. The lowest BCUT2D eigenvalue weighted by Crippen LogP contribution is -2.29. The fraction of sp³-hybridized carbons (Fsp3) is 0.125. The molecule has 5 nitrogen and oxygen atoms in total. The van der Waals surface area contributed by atoms with E-state index in [9.17, 15) is 9.59 Å². The third kappa shape index (κ3) is 4.19. The van der Waals surface area contributed by atoms with E-state index in [2.05, 4.69) is 0 Å². The minimum absolute atomic E-state index is 0.104. The van der Waals surface area contributed by atoms with E-state index >= 15 is 0 Å². The van der Waals surface area contributed by atoms with Gasteiger partial charge in [-0.25, -0.2) is 0 Å². The first-order valence-electron chi connectivity index (χ1n) is 12.2. The fourth-order valence-electron chi connectivity index (χ4n) is 4.91. The van der Waals surface area contributed by atoms with Gasteiger partial charge in [0.1, 0.15) is 17.1 Å². The van der Waals surface area contributed by atoms with Crippen LogP contribution in [0.3, 0.4) is 0 Å². The van der Waals surface area contributed by atoms with E-state index in [-0.39, 0.29) is 17.1 Å². The highest BCUT2D eigenvalue weighted by Gasteiger charge is 2.42. The molecule has 5 aromatic rings. The molecular formula is C32H25NO4. The molecule has 182 valence electrons. The Labute approximate surface area is 214 Å². The van der Waals surface area contributed by atoms with Crippen LogP contribution in [0.5, 0.6) is 11.5 Å². The van der Waals surface area contributed by atoms with Gasteiger partial charge in [0, 0.05) is 6.54 Å². The standard InChI is InChI=1S/C32H25NO4/c1-20-11-14-22(15-12-20)19-33-29(23-7-6-10-25(18-23)36-24-8-4-3-5-9-24)28-30(34)26-17-21(2)13-16-27(26)37-31(28)32(33)35/h3-18,29H,19H2,1-2H3. The maximum absolute atomic E-state index is 13.9. The number of carbonyl (C=O) groups is 1. The molecule has 4 aromatic carbocycles.